The number of hydrogen-bond donors (Lipinski definition) is 1. The van der Waals surface area contributed by atoms with Crippen molar-refractivity contribution in [3.05, 3.63) is 79.8 Å². The highest BCUT2D eigenvalue weighted by Crippen LogP contribution is 2.19. The average Bonchev–Trinajstić information content (AvgIpc) is 3.16. The summed E-state index contributed by atoms with van der Waals surface area (Å²) in [5.74, 6) is 0.576. The Labute approximate surface area is 172 Å². The maximum Gasteiger partial charge on any atom is 0.279 e. The second-order valence-electron chi connectivity index (χ2n) is 5.94. The summed E-state index contributed by atoms with van der Waals surface area (Å²) in [5.41, 5.74) is 4.58. The number of hydrogen-bond acceptors (Lipinski definition) is 7. The summed E-state index contributed by atoms with van der Waals surface area (Å²) >= 11 is 4.76. The standard InChI is InChI=1S/C19H15BrN6OS/c1-12-23-16-8-7-14(20)9-15(16)18(27)26(12)22-11-17-24-25-19(28-17)21-10-13-5-3-2-4-6-13/h2-10,22H,11H2,1H3/b21-10+. The third-order valence-corrected chi connectivity index (χ3v) is 5.29. The summed E-state index contributed by atoms with van der Waals surface area (Å²) in [6.07, 6.45) is 1.75. The Morgan fingerprint density at radius 3 is 2.86 bits per heavy atom. The van der Waals surface area contributed by atoms with Crippen molar-refractivity contribution in [1.29, 1.82) is 0 Å². The second-order valence-corrected chi connectivity index (χ2v) is 7.90. The van der Waals surface area contributed by atoms with Gasteiger partial charge in [-0.15, -0.1) is 10.2 Å². The average molecular weight is 455 g/mol. The molecule has 2 aromatic heterocycles. The van der Waals surface area contributed by atoms with Gasteiger partial charge in [0.05, 0.1) is 17.4 Å². The summed E-state index contributed by atoms with van der Waals surface area (Å²) in [6.45, 7) is 2.13. The normalized spacial score (nSPS) is 11.4. The topological polar surface area (TPSA) is 85.1 Å². The summed E-state index contributed by atoms with van der Waals surface area (Å²) in [5, 5.41) is 10.0. The maximum atomic E-state index is 12.8. The third kappa shape index (κ3) is 4.00. The lowest BCUT2D eigenvalue weighted by Crippen LogP contribution is -2.31. The minimum Gasteiger partial charge on any atom is -0.315 e. The molecule has 1 N–H and O–H groups in total. The van der Waals surface area contributed by atoms with Crippen molar-refractivity contribution in [2.75, 3.05) is 5.43 Å². The minimum absolute atomic E-state index is 0.157. The van der Waals surface area contributed by atoms with Gasteiger partial charge < -0.3 is 5.43 Å². The lowest BCUT2D eigenvalue weighted by molar-refractivity contribution is 0.748. The van der Waals surface area contributed by atoms with Gasteiger partial charge in [-0.05, 0) is 30.7 Å². The largest absolute Gasteiger partial charge is 0.315 e. The first kappa shape index (κ1) is 18.5. The number of aromatic nitrogens is 4. The molecule has 0 aliphatic carbocycles. The van der Waals surface area contributed by atoms with E-state index in [2.05, 4.69) is 41.5 Å². The van der Waals surface area contributed by atoms with Gasteiger partial charge in [-0.1, -0.05) is 57.6 Å². The molecule has 0 spiro atoms. The number of aliphatic imine (C=N–C) groups is 1. The predicted octanol–water partition coefficient (Wildman–Crippen LogP) is 3.81. The molecule has 0 aliphatic rings. The lowest BCUT2D eigenvalue weighted by atomic mass is 10.2. The van der Waals surface area contributed by atoms with E-state index in [1.54, 1.807) is 19.2 Å². The molecule has 0 fully saturated rings. The van der Waals surface area contributed by atoms with Crippen molar-refractivity contribution in [2.24, 2.45) is 4.99 Å². The van der Waals surface area contributed by atoms with E-state index in [0.29, 0.717) is 28.4 Å². The Balaban J connectivity index is 1.52. The third-order valence-electron chi connectivity index (χ3n) is 3.97. The number of benzene rings is 2. The van der Waals surface area contributed by atoms with Crippen LogP contribution in [-0.4, -0.2) is 26.1 Å². The van der Waals surface area contributed by atoms with Crippen LogP contribution in [0, 0.1) is 6.92 Å². The molecular formula is C19H15BrN6OS. The molecule has 0 bridgehead atoms. The number of aryl methyl sites for hydroxylation is 1. The fourth-order valence-electron chi connectivity index (χ4n) is 2.64. The Morgan fingerprint density at radius 2 is 2.04 bits per heavy atom. The molecule has 4 rings (SSSR count). The highest BCUT2D eigenvalue weighted by atomic mass is 79.9. The van der Waals surface area contributed by atoms with E-state index in [0.717, 1.165) is 15.0 Å². The molecule has 0 unspecified atom stereocenters. The zero-order valence-electron chi connectivity index (χ0n) is 14.8. The number of nitrogens with one attached hydrogen (secondary N) is 1. The second kappa shape index (κ2) is 7.99. The number of nitrogens with zero attached hydrogens (tertiary/aromatic N) is 5. The van der Waals surface area contributed by atoms with Crippen molar-refractivity contribution in [1.82, 2.24) is 19.9 Å². The summed E-state index contributed by atoms with van der Waals surface area (Å²) < 4.78 is 2.27. The molecule has 0 aliphatic heterocycles. The van der Waals surface area contributed by atoms with Crippen molar-refractivity contribution in [3.63, 3.8) is 0 Å². The van der Waals surface area contributed by atoms with E-state index in [-0.39, 0.29) is 5.56 Å². The van der Waals surface area contributed by atoms with Crippen LogP contribution in [0.5, 0.6) is 0 Å². The van der Waals surface area contributed by atoms with Crippen LogP contribution in [0.15, 0.2) is 62.8 Å². The van der Waals surface area contributed by atoms with Gasteiger partial charge in [0.2, 0.25) is 5.13 Å². The van der Waals surface area contributed by atoms with E-state index in [1.807, 2.05) is 42.5 Å². The van der Waals surface area contributed by atoms with Gasteiger partial charge in [0.15, 0.2) is 0 Å². The van der Waals surface area contributed by atoms with Crippen LogP contribution in [-0.2, 0) is 6.54 Å². The fraction of sp³-hybridized carbons (Fsp3) is 0.105. The highest BCUT2D eigenvalue weighted by Gasteiger charge is 2.10. The van der Waals surface area contributed by atoms with Crippen LogP contribution in [0.3, 0.4) is 0 Å². The Hall–Kier alpha value is -2.91. The molecule has 0 saturated carbocycles. The van der Waals surface area contributed by atoms with Gasteiger partial charge in [-0.25, -0.2) is 14.7 Å². The van der Waals surface area contributed by atoms with Gasteiger partial charge in [0.25, 0.3) is 5.56 Å². The smallest absolute Gasteiger partial charge is 0.279 e. The van der Waals surface area contributed by atoms with Crippen molar-refractivity contribution in [3.8, 4) is 0 Å². The first-order valence-electron chi connectivity index (χ1n) is 8.44. The lowest BCUT2D eigenvalue weighted by Gasteiger charge is -2.12. The number of rotatable bonds is 5. The highest BCUT2D eigenvalue weighted by molar-refractivity contribution is 9.10. The van der Waals surface area contributed by atoms with E-state index in [9.17, 15) is 4.79 Å². The molecular weight excluding hydrogens is 440 g/mol. The monoisotopic (exact) mass is 454 g/mol. The maximum absolute atomic E-state index is 12.8. The van der Waals surface area contributed by atoms with Crippen LogP contribution >= 0.6 is 27.3 Å². The summed E-state index contributed by atoms with van der Waals surface area (Å²) in [6, 6.07) is 15.2. The van der Waals surface area contributed by atoms with Crippen LogP contribution in [0.4, 0.5) is 5.13 Å². The van der Waals surface area contributed by atoms with Gasteiger partial charge >= 0.3 is 0 Å². The molecule has 0 radical (unpaired) electrons. The fourth-order valence-corrected chi connectivity index (χ4v) is 3.62. The molecule has 0 saturated heterocycles. The van der Waals surface area contributed by atoms with E-state index in [1.165, 1.54) is 16.0 Å². The molecule has 7 nitrogen and oxygen atoms in total. The van der Waals surface area contributed by atoms with Crippen molar-refractivity contribution >= 4 is 49.5 Å². The van der Waals surface area contributed by atoms with Gasteiger partial charge in [0, 0.05) is 10.7 Å². The van der Waals surface area contributed by atoms with Crippen molar-refractivity contribution < 1.29 is 0 Å². The van der Waals surface area contributed by atoms with E-state index >= 15 is 0 Å². The van der Waals surface area contributed by atoms with Crippen LogP contribution < -0.4 is 11.0 Å². The molecule has 2 heterocycles. The molecule has 0 atom stereocenters. The Kier molecular flexibility index (Phi) is 5.27. The Morgan fingerprint density at radius 1 is 1.21 bits per heavy atom. The zero-order chi connectivity index (χ0) is 19.5. The molecule has 2 aromatic carbocycles. The van der Waals surface area contributed by atoms with Gasteiger partial charge in [-0.2, -0.15) is 0 Å². The summed E-state index contributed by atoms with van der Waals surface area (Å²) in [4.78, 5) is 21.6. The predicted molar refractivity (Wildman–Crippen MR) is 115 cm³/mol. The molecule has 0 amide bonds. The molecule has 9 heteroatoms. The van der Waals surface area contributed by atoms with E-state index in [4.69, 9.17) is 0 Å². The first-order chi connectivity index (χ1) is 13.6. The van der Waals surface area contributed by atoms with Crippen LogP contribution in [0.25, 0.3) is 10.9 Å². The molecule has 28 heavy (non-hydrogen) atoms. The van der Waals surface area contributed by atoms with Gasteiger partial charge in [-0.3, -0.25) is 4.79 Å². The zero-order valence-corrected chi connectivity index (χ0v) is 17.2. The SMILES string of the molecule is Cc1nc2ccc(Br)cc2c(=O)n1NCc1nnc(/N=C/c2ccccc2)s1. The number of halogens is 1. The minimum atomic E-state index is -0.157. The summed E-state index contributed by atoms with van der Waals surface area (Å²) in [7, 11) is 0. The van der Waals surface area contributed by atoms with Crippen LogP contribution in [0.2, 0.25) is 0 Å². The first-order valence-corrected chi connectivity index (χ1v) is 10.1. The van der Waals surface area contributed by atoms with Gasteiger partial charge in [0.1, 0.15) is 10.8 Å². The quantitative estimate of drug-likeness (QED) is 0.463. The van der Waals surface area contributed by atoms with Crippen LogP contribution in [0.1, 0.15) is 16.4 Å². The van der Waals surface area contributed by atoms with Crippen molar-refractivity contribution in [2.45, 2.75) is 13.5 Å². The Bertz CT molecular complexity index is 1220. The molecule has 140 valence electrons. The molecule has 4 aromatic rings. The van der Waals surface area contributed by atoms with E-state index < -0.39 is 0 Å². The number of fused-ring (bicyclic) bond motifs is 1.